The predicted octanol–water partition coefficient (Wildman–Crippen LogP) is 4.52. The summed E-state index contributed by atoms with van der Waals surface area (Å²) in [4.78, 5) is 0. The number of nitrogens with one attached hydrogen (secondary N) is 1. The lowest BCUT2D eigenvalue weighted by molar-refractivity contribution is 0.350. The van der Waals surface area contributed by atoms with Gasteiger partial charge in [-0.15, -0.1) is 0 Å². The van der Waals surface area contributed by atoms with Gasteiger partial charge in [-0.3, -0.25) is 0 Å². The molecule has 0 saturated carbocycles. The first-order valence-corrected chi connectivity index (χ1v) is 8.07. The van der Waals surface area contributed by atoms with Crippen LogP contribution in [-0.2, 0) is 5.41 Å². The van der Waals surface area contributed by atoms with Crippen molar-refractivity contribution in [1.82, 2.24) is 5.32 Å². The predicted molar refractivity (Wildman–Crippen MR) is 92.6 cm³/mol. The lowest BCUT2D eigenvalue weighted by atomic mass is 9.81. The van der Waals surface area contributed by atoms with Crippen LogP contribution in [0.4, 0.5) is 0 Å². The molecule has 4 heteroatoms. The molecule has 0 aliphatic rings. The zero-order valence-corrected chi connectivity index (χ0v) is 15.8. The summed E-state index contributed by atoms with van der Waals surface area (Å²) < 4.78 is 11.8. The Bertz CT molecular complexity index is 478. The summed E-state index contributed by atoms with van der Waals surface area (Å²) in [5.41, 5.74) is 1.41. The number of hydrogen-bond acceptors (Lipinski definition) is 3. The molecular weight excluding hydrogens is 330 g/mol. The number of rotatable bonds is 6. The van der Waals surface area contributed by atoms with E-state index in [1.807, 2.05) is 6.07 Å². The van der Waals surface area contributed by atoms with Crippen LogP contribution in [0.3, 0.4) is 0 Å². The van der Waals surface area contributed by atoms with E-state index in [0.717, 1.165) is 28.9 Å². The molecule has 0 fully saturated rings. The Morgan fingerprint density at radius 2 is 1.52 bits per heavy atom. The van der Waals surface area contributed by atoms with Crippen LogP contribution < -0.4 is 14.8 Å². The molecule has 1 aromatic carbocycles. The van der Waals surface area contributed by atoms with Gasteiger partial charge in [-0.1, -0.05) is 29.8 Å². The van der Waals surface area contributed by atoms with Crippen molar-refractivity contribution in [2.45, 2.75) is 52.0 Å². The Morgan fingerprint density at radius 1 is 1.00 bits per heavy atom. The zero-order valence-electron chi connectivity index (χ0n) is 14.3. The summed E-state index contributed by atoms with van der Waals surface area (Å²) in [5.74, 6) is 1.52. The second-order valence-electron chi connectivity index (χ2n) is 7.00. The second kappa shape index (κ2) is 7.01. The van der Waals surface area contributed by atoms with Crippen molar-refractivity contribution in [1.29, 1.82) is 0 Å². The van der Waals surface area contributed by atoms with Crippen LogP contribution in [0, 0.1) is 0 Å². The SMILES string of the molecule is COc1cc(Br)c(C(C)(C)CCNC(C)(C)C)cc1OC. The van der Waals surface area contributed by atoms with Gasteiger partial charge in [-0.25, -0.2) is 0 Å². The molecule has 1 aromatic rings. The number of hydrogen-bond donors (Lipinski definition) is 1. The van der Waals surface area contributed by atoms with Gasteiger partial charge in [0.15, 0.2) is 11.5 Å². The van der Waals surface area contributed by atoms with Gasteiger partial charge in [-0.05, 0) is 56.8 Å². The number of ether oxygens (including phenoxy) is 2. The largest absolute Gasteiger partial charge is 0.493 e. The summed E-state index contributed by atoms with van der Waals surface area (Å²) in [6, 6.07) is 4.05. The first-order valence-electron chi connectivity index (χ1n) is 7.28. The molecule has 0 bridgehead atoms. The van der Waals surface area contributed by atoms with Gasteiger partial charge in [0.05, 0.1) is 14.2 Å². The summed E-state index contributed by atoms with van der Waals surface area (Å²) in [5, 5.41) is 3.55. The highest BCUT2D eigenvalue weighted by Gasteiger charge is 2.25. The van der Waals surface area contributed by atoms with E-state index in [-0.39, 0.29) is 11.0 Å². The summed E-state index contributed by atoms with van der Waals surface area (Å²) in [7, 11) is 3.33. The monoisotopic (exact) mass is 357 g/mol. The summed E-state index contributed by atoms with van der Waals surface area (Å²) in [6.07, 6.45) is 1.04. The van der Waals surface area contributed by atoms with Crippen molar-refractivity contribution in [3.8, 4) is 11.5 Å². The van der Waals surface area contributed by atoms with E-state index in [1.165, 1.54) is 5.56 Å². The number of methoxy groups -OCH3 is 2. The molecule has 3 nitrogen and oxygen atoms in total. The van der Waals surface area contributed by atoms with E-state index in [2.05, 4.69) is 61.9 Å². The molecule has 1 N–H and O–H groups in total. The average Bonchev–Trinajstić information content (AvgIpc) is 2.36. The molecule has 21 heavy (non-hydrogen) atoms. The quantitative estimate of drug-likeness (QED) is 0.811. The van der Waals surface area contributed by atoms with Gasteiger partial charge < -0.3 is 14.8 Å². The Hall–Kier alpha value is -0.740. The van der Waals surface area contributed by atoms with E-state index >= 15 is 0 Å². The van der Waals surface area contributed by atoms with Crippen molar-refractivity contribution < 1.29 is 9.47 Å². The first-order chi connectivity index (χ1) is 9.60. The van der Waals surface area contributed by atoms with E-state index in [1.54, 1.807) is 14.2 Å². The molecule has 0 aromatic heterocycles. The zero-order chi connectivity index (χ0) is 16.3. The van der Waals surface area contributed by atoms with E-state index < -0.39 is 0 Å². The van der Waals surface area contributed by atoms with Gasteiger partial charge in [0.1, 0.15) is 0 Å². The van der Waals surface area contributed by atoms with E-state index in [0.29, 0.717) is 0 Å². The molecule has 1 rings (SSSR count). The first kappa shape index (κ1) is 18.3. The van der Waals surface area contributed by atoms with Gasteiger partial charge in [0.25, 0.3) is 0 Å². The third-order valence-corrected chi connectivity index (χ3v) is 4.26. The van der Waals surface area contributed by atoms with Gasteiger partial charge in [0, 0.05) is 10.0 Å². The van der Waals surface area contributed by atoms with Gasteiger partial charge in [-0.2, -0.15) is 0 Å². The van der Waals surface area contributed by atoms with Crippen LogP contribution >= 0.6 is 15.9 Å². The standard InChI is InChI=1S/C17H28BrNO2/c1-16(2,3)19-9-8-17(4,5)12-10-14(20-6)15(21-7)11-13(12)18/h10-11,19H,8-9H2,1-7H3. The third-order valence-electron chi connectivity index (χ3n) is 3.61. The minimum atomic E-state index is 0.0383. The molecule has 0 aliphatic heterocycles. The molecule has 0 atom stereocenters. The molecule has 0 saturated heterocycles. The highest BCUT2D eigenvalue weighted by Crippen LogP contribution is 2.40. The third kappa shape index (κ3) is 5.19. The molecule has 0 spiro atoms. The highest BCUT2D eigenvalue weighted by molar-refractivity contribution is 9.10. The molecule has 0 unspecified atom stereocenters. The fourth-order valence-electron chi connectivity index (χ4n) is 2.26. The smallest absolute Gasteiger partial charge is 0.161 e. The molecule has 120 valence electrons. The number of benzene rings is 1. The van der Waals surface area contributed by atoms with Crippen LogP contribution in [0.1, 0.15) is 46.6 Å². The molecule has 0 radical (unpaired) electrons. The Kier molecular flexibility index (Phi) is 6.11. The topological polar surface area (TPSA) is 30.5 Å². The summed E-state index contributed by atoms with van der Waals surface area (Å²) >= 11 is 3.66. The maximum absolute atomic E-state index is 5.42. The van der Waals surface area contributed by atoms with Crippen LogP contribution in [-0.4, -0.2) is 26.3 Å². The van der Waals surface area contributed by atoms with E-state index in [4.69, 9.17) is 9.47 Å². The molecule has 0 amide bonds. The van der Waals surface area contributed by atoms with Crippen LogP contribution in [0.5, 0.6) is 11.5 Å². The molecule has 0 heterocycles. The lowest BCUT2D eigenvalue weighted by Gasteiger charge is -2.30. The second-order valence-corrected chi connectivity index (χ2v) is 7.85. The highest BCUT2D eigenvalue weighted by atomic mass is 79.9. The van der Waals surface area contributed by atoms with Gasteiger partial charge >= 0.3 is 0 Å². The van der Waals surface area contributed by atoms with Gasteiger partial charge in [0.2, 0.25) is 0 Å². The maximum Gasteiger partial charge on any atom is 0.161 e. The lowest BCUT2D eigenvalue weighted by Crippen LogP contribution is -2.38. The minimum absolute atomic E-state index is 0.0383. The van der Waals surface area contributed by atoms with Crippen molar-refractivity contribution >= 4 is 15.9 Å². The summed E-state index contributed by atoms with van der Waals surface area (Å²) in [6.45, 7) is 12.0. The molecule has 0 aliphatic carbocycles. The average molecular weight is 358 g/mol. The normalized spacial score (nSPS) is 12.4. The Morgan fingerprint density at radius 3 is 2.00 bits per heavy atom. The minimum Gasteiger partial charge on any atom is -0.493 e. The van der Waals surface area contributed by atoms with Crippen molar-refractivity contribution in [2.75, 3.05) is 20.8 Å². The van der Waals surface area contributed by atoms with Crippen LogP contribution in [0.15, 0.2) is 16.6 Å². The maximum atomic E-state index is 5.42. The van der Waals surface area contributed by atoms with Crippen molar-refractivity contribution in [3.05, 3.63) is 22.2 Å². The Balaban J connectivity index is 2.96. The number of halogens is 1. The van der Waals surface area contributed by atoms with Crippen LogP contribution in [0.25, 0.3) is 0 Å². The fourth-order valence-corrected chi connectivity index (χ4v) is 3.12. The van der Waals surface area contributed by atoms with Crippen LogP contribution in [0.2, 0.25) is 0 Å². The fraction of sp³-hybridized carbons (Fsp3) is 0.647. The Labute approximate surface area is 137 Å². The van der Waals surface area contributed by atoms with E-state index in [9.17, 15) is 0 Å². The molecular formula is C17H28BrNO2. The van der Waals surface area contributed by atoms with Crippen molar-refractivity contribution in [2.24, 2.45) is 0 Å². The van der Waals surface area contributed by atoms with Crippen molar-refractivity contribution in [3.63, 3.8) is 0 Å².